The quantitative estimate of drug-likeness (QED) is 0.867. The molecule has 1 fully saturated rings. The average Bonchev–Trinajstić information content (AvgIpc) is 2.90. The molecule has 1 aliphatic carbocycles. The van der Waals surface area contributed by atoms with Gasteiger partial charge in [-0.25, -0.2) is 0 Å². The van der Waals surface area contributed by atoms with E-state index in [4.69, 9.17) is 4.74 Å². The van der Waals surface area contributed by atoms with E-state index in [9.17, 15) is 9.90 Å². The molecule has 2 atom stereocenters. The van der Waals surface area contributed by atoms with E-state index in [0.29, 0.717) is 12.3 Å². The maximum absolute atomic E-state index is 11.2. The van der Waals surface area contributed by atoms with Gasteiger partial charge in [-0.15, -0.1) is 0 Å². The highest BCUT2D eigenvalue weighted by atomic mass is 16.5. The summed E-state index contributed by atoms with van der Waals surface area (Å²) in [5.74, 6) is 0.500. The molecule has 4 nitrogen and oxygen atoms in total. The third-order valence-electron chi connectivity index (χ3n) is 5.27. The Hall–Kier alpha value is -1.39. The number of carbonyl (C=O) groups is 1. The van der Waals surface area contributed by atoms with Crippen LogP contribution in [0.15, 0.2) is 24.3 Å². The molecule has 1 heterocycles. The number of rotatable bonds is 4. The largest absolute Gasteiger partial charge is 0.469 e. The van der Waals surface area contributed by atoms with Gasteiger partial charge in [-0.2, -0.15) is 0 Å². The van der Waals surface area contributed by atoms with Gasteiger partial charge in [-0.3, -0.25) is 9.69 Å². The third kappa shape index (κ3) is 3.18. The fraction of sp³-hybridized carbons (Fsp3) is 0.611. The van der Waals surface area contributed by atoms with Gasteiger partial charge in [0.15, 0.2) is 0 Å². The lowest BCUT2D eigenvalue weighted by molar-refractivity contribution is -0.141. The van der Waals surface area contributed by atoms with Gasteiger partial charge < -0.3 is 9.84 Å². The van der Waals surface area contributed by atoms with E-state index in [1.54, 1.807) is 0 Å². The van der Waals surface area contributed by atoms with Crippen molar-refractivity contribution in [3.05, 3.63) is 35.4 Å². The van der Waals surface area contributed by atoms with Crippen LogP contribution in [0.25, 0.3) is 0 Å². The summed E-state index contributed by atoms with van der Waals surface area (Å²) in [6.45, 7) is 2.03. The van der Waals surface area contributed by atoms with Crippen molar-refractivity contribution in [3.8, 4) is 0 Å². The molecule has 1 aliphatic heterocycles. The molecule has 120 valence electrons. The minimum atomic E-state index is -0.359. The first-order valence-electron chi connectivity index (χ1n) is 8.25. The standard InChI is InChI=1S/C18H25NO3/c1-22-17(20)7-6-13-8-10-19(11-9-13)16-12-14-4-2-3-5-15(14)18(16)21/h2-5,13,16,18,21H,6-12H2,1H3. The Labute approximate surface area is 132 Å². The maximum Gasteiger partial charge on any atom is 0.305 e. The SMILES string of the molecule is COC(=O)CCC1CCN(C2Cc3ccccc3C2O)CC1. The number of methoxy groups -OCH3 is 1. The summed E-state index contributed by atoms with van der Waals surface area (Å²) in [7, 11) is 1.45. The second-order valence-electron chi connectivity index (χ2n) is 6.51. The maximum atomic E-state index is 11.2. The van der Waals surface area contributed by atoms with Gasteiger partial charge >= 0.3 is 5.97 Å². The predicted octanol–water partition coefficient (Wildman–Crippen LogP) is 2.31. The summed E-state index contributed by atoms with van der Waals surface area (Å²) in [6, 6.07) is 8.44. The van der Waals surface area contributed by atoms with Crippen LogP contribution < -0.4 is 0 Å². The Morgan fingerprint density at radius 3 is 2.73 bits per heavy atom. The Balaban J connectivity index is 1.51. The molecule has 0 aromatic heterocycles. The van der Waals surface area contributed by atoms with Gasteiger partial charge in [0, 0.05) is 12.5 Å². The topological polar surface area (TPSA) is 49.8 Å². The molecular formula is C18H25NO3. The van der Waals surface area contributed by atoms with Gasteiger partial charge in [0.25, 0.3) is 0 Å². The van der Waals surface area contributed by atoms with Crippen LogP contribution in [-0.4, -0.2) is 42.2 Å². The number of aliphatic hydroxyl groups excluding tert-OH is 1. The third-order valence-corrected chi connectivity index (χ3v) is 5.27. The van der Waals surface area contributed by atoms with E-state index in [1.807, 2.05) is 18.2 Å². The molecule has 1 aromatic carbocycles. The molecule has 2 aliphatic rings. The number of nitrogens with zero attached hydrogens (tertiary/aromatic N) is 1. The number of hydrogen-bond acceptors (Lipinski definition) is 4. The van der Waals surface area contributed by atoms with Crippen LogP contribution in [0, 0.1) is 5.92 Å². The summed E-state index contributed by atoms with van der Waals surface area (Å²) in [6.07, 6.45) is 4.26. The van der Waals surface area contributed by atoms with Crippen molar-refractivity contribution in [2.24, 2.45) is 5.92 Å². The second kappa shape index (κ2) is 6.80. The predicted molar refractivity (Wildman–Crippen MR) is 84.4 cm³/mol. The van der Waals surface area contributed by atoms with Gasteiger partial charge in [0.2, 0.25) is 0 Å². The number of aliphatic hydroxyl groups is 1. The van der Waals surface area contributed by atoms with E-state index in [0.717, 1.165) is 44.3 Å². The number of fused-ring (bicyclic) bond motifs is 1. The molecule has 0 bridgehead atoms. The molecule has 1 aromatic rings. The van der Waals surface area contributed by atoms with Crippen LogP contribution in [0.5, 0.6) is 0 Å². The molecule has 4 heteroatoms. The molecule has 3 rings (SSSR count). The summed E-state index contributed by atoms with van der Waals surface area (Å²) in [5, 5.41) is 10.6. The summed E-state index contributed by atoms with van der Waals surface area (Å²) < 4.78 is 4.71. The molecule has 0 spiro atoms. The highest BCUT2D eigenvalue weighted by Gasteiger charge is 2.36. The van der Waals surface area contributed by atoms with Crippen molar-refractivity contribution in [2.45, 2.75) is 44.2 Å². The Kier molecular flexibility index (Phi) is 4.79. The number of ether oxygens (including phenoxy) is 1. The zero-order valence-electron chi connectivity index (χ0n) is 13.2. The van der Waals surface area contributed by atoms with Crippen LogP contribution >= 0.6 is 0 Å². The monoisotopic (exact) mass is 303 g/mol. The summed E-state index contributed by atoms with van der Waals surface area (Å²) >= 11 is 0. The Morgan fingerprint density at radius 1 is 1.32 bits per heavy atom. The number of esters is 1. The van der Waals surface area contributed by atoms with Gasteiger partial charge in [0.05, 0.1) is 13.2 Å². The fourth-order valence-electron chi connectivity index (χ4n) is 3.88. The first-order chi connectivity index (χ1) is 10.7. The summed E-state index contributed by atoms with van der Waals surface area (Å²) in [5.41, 5.74) is 2.38. The molecule has 0 amide bonds. The minimum Gasteiger partial charge on any atom is -0.469 e. The van der Waals surface area contributed by atoms with Crippen LogP contribution in [0.3, 0.4) is 0 Å². The molecule has 2 unspecified atom stereocenters. The smallest absolute Gasteiger partial charge is 0.305 e. The van der Waals surface area contributed by atoms with Gasteiger partial charge in [-0.05, 0) is 55.8 Å². The number of hydrogen-bond donors (Lipinski definition) is 1. The first-order valence-corrected chi connectivity index (χ1v) is 8.25. The molecular weight excluding hydrogens is 278 g/mol. The van der Waals surface area contributed by atoms with E-state index >= 15 is 0 Å². The lowest BCUT2D eigenvalue weighted by atomic mass is 9.91. The molecule has 0 radical (unpaired) electrons. The van der Waals surface area contributed by atoms with Crippen LogP contribution in [0.1, 0.15) is 42.9 Å². The second-order valence-corrected chi connectivity index (χ2v) is 6.51. The zero-order valence-corrected chi connectivity index (χ0v) is 13.2. The van der Waals surface area contributed by atoms with E-state index in [2.05, 4.69) is 11.0 Å². The van der Waals surface area contributed by atoms with E-state index in [-0.39, 0.29) is 18.1 Å². The molecule has 22 heavy (non-hydrogen) atoms. The lowest BCUT2D eigenvalue weighted by Crippen LogP contribution is -2.43. The van der Waals surface area contributed by atoms with Crippen molar-refractivity contribution in [3.63, 3.8) is 0 Å². The average molecular weight is 303 g/mol. The lowest BCUT2D eigenvalue weighted by Gasteiger charge is -2.37. The van der Waals surface area contributed by atoms with Crippen molar-refractivity contribution >= 4 is 5.97 Å². The zero-order chi connectivity index (χ0) is 15.5. The van der Waals surface area contributed by atoms with E-state index < -0.39 is 0 Å². The van der Waals surface area contributed by atoms with Crippen LogP contribution in [-0.2, 0) is 16.0 Å². The molecule has 0 saturated carbocycles. The molecule has 1 saturated heterocycles. The van der Waals surface area contributed by atoms with Crippen LogP contribution in [0.2, 0.25) is 0 Å². The van der Waals surface area contributed by atoms with Crippen molar-refractivity contribution in [1.29, 1.82) is 0 Å². The fourth-order valence-corrected chi connectivity index (χ4v) is 3.88. The highest BCUT2D eigenvalue weighted by Crippen LogP contribution is 2.36. The molecule has 1 N–H and O–H groups in total. The van der Waals surface area contributed by atoms with Crippen LogP contribution in [0.4, 0.5) is 0 Å². The number of benzene rings is 1. The first kappa shape index (κ1) is 15.5. The van der Waals surface area contributed by atoms with Gasteiger partial charge in [0.1, 0.15) is 0 Å². The Morgan fingerprint density at radius 2 is 2.05 bits per heavy atom. The van der Waals surface area contributed by atoms with Crippen molar-refractivity contribution in [2.75, 3.05) is 20.2 Å². The number of piperidine rings is 1. The van der Waals surface area contributed by atoms with E-state index in [1.165, 1.54) is 12.7 Å². The van der Waals surface area contributed by atoms with Crippen molar-refractivity contribution < 1.29 is 14.6 Å². The van der Waals surface area contributed by atoms with Gasteiger partial charge in [-0.1, -0.05) is 24.3 Å². The Bertz CT molecular complexity index is 523. The minimum absolute atomic E-state index is 0.107. The number of carbonyl (C=O) groups excluding carboxylic acids is 1. The summed E-state index contributed by atoms with van der Waals surface area (Å²) in [4.78, 5) is 13.7. The number of likely N-dealkylation sites (tertiary alicyclic amines) is 1. The highest BCUT2D eigenvalue weighted by molar-refractivity contribution is 5.69. The normalized spacial score (nSPS) is 25.9. The van der Waals surface area contributed by atoms with Crippen molar-refractivity contribution in [1.82, 2.24) is 4.90 Å².